The van der Waals surface area contributed by atoms with Gasteiger partial charge >= 0.3 is 5.97 Å². The average molecular weight is 176 g/mol. The first-order valence-electron chi connectivity index (χ1n) is 4.06. The molecule has 0 aromatic carbocycles. The van der Waals surface area contributed by atoms with Gasteiger partial charge in [0, 0.05) is 13.5 Å². The Hall–Kier alpha value is -0.610. The van der Waals surface area contributed by atoms with E-state index in [2.05, 4.69) is 11.7 Å². The van der Waals surface area contributed by atoms with Crippen molar-refractivity contribution in [3.05, 3.63) is 0 Å². The van der Waals surface area contributed by atoms with Crippen LogP contribution < -0.4 is 0 Å². The summed E-state index contributed by atoms with van der Waals surface area (Å²) in [6.45, 7) is 4.27. The molecule has 0 atom stereocenters. The van der Waals surface area contributed by atoms with E-state index in [9.17, 15) is 4.79 Å². The fraction of sp³-hybridized carbons (Fsp3) is 0.875. The highest BCUT2D eigenvalue weighted by Crippen LogP contribution is 1.88. The maximum absolute atomic E-state index is 10.2. The fourth-order valence-electron chi connectivity index (χ4n) is 0.523. The molecule has 0 aliphatic rings. The number of unbranched alkanes of at least 4 members (excludes halogenated alkanes) is 1. The molecule has 0 aromatic heterocycles. The third-order valence-electron chi connectivity index (χ3n) is 1.15. The van der Waals surface area contributed by atoms with Crippen LogP contribution in [0.1, 0.15) is 26.7 Å². The number of hydrogen-bond donors (Lipinski definition) is 0. The molecular weight excluding hydrogens is 160 g/mol. The Bertz CT molecular complexity index is 114. The van der Waals surface area contributed by atoms with Gasteiger partial charge in [-0.25, -0.2) is 0 Å². The van der Waals surface area contributed by atoms with Crippen molar-refractivity contribution in [1.82, 2.24) is 0 Å². The van der Waals surface area contributed by atoms with Gasteiger partial charge in [0.25, 0.3) is 0 Å². The fourth-order valence-corrected chi connectivity index (χ4v) is 0.523. The Kier molecular flexibility index (Phi) is 8.05. The molecule has 0 unspecified atom stereocenters. The number of carbonyl (C=O) groups is 1. The van der Waals surface area contributed by atoms with Gasteiger partial charge in [-0.15, -0.1) is 0 Å². The number of carbonyl (C=O) groups excluding carboxylic acids is 1. The zero-order valence-corrected chi connectivity index (χ0v) is 7.67. The monoisotopic (exact) mass is 176 g/mol. The molecule has 0 bridgehead atoms. The maximum atomic E-state index is 10.2. The third kappa shape index (κ3) is 9.39. The van der Waals surface area contributed by atoms with Crippen molar-refractivity contribution in [1.29, 1.82) is 0 Å². The van der Waals surface area contributed by atoms with Crippen LogP contribution in [0.25, 0.3) is 0 Å². The predicted molar refractivity (Wildman–Crippen MR) is 43.4 cm³/mol. The van der Waals surface area contributed by atoms with Crippen LogP contribution in [0.2, 0.25) is 0 Å². The van der Waals surface area contributed by atoms with Gasteiger partial charge in [0.05, 0.1) is 0 Å². The number of hydrogen-bond acceptors (Lipinski definition) is 4. The molecule has 12 heavy (non-hydrogen) atoms. The SMILES string of the molecule is CCCCOCOCOC(C)=O. The predicted octanol–water partition coefficient (Wildman–Crippen LogP) is 1.30. The number of esters is 1. The van der Waals surface area contributed by atoms with Crippen LogP contribution in [0, 0.1) is 0 Å². The van der Waals surface area contributed by atoms with Crippen molar-refractivity contribution in [3.63, 3.8) is 0 Å². The molecule has 4 heteroatoms. The quantitative estimate of drug-likeness (QED) is 0.333. The zero-order valence-electron chi connectivity index (χ0n) is 7.67. The van der Waals surface area contributed by atoms with E-state index >= 15 is 0 Å². The molecular formula is C8H16O4. The van der Waals surface area contributed by atoms with Gasteiger partial charge < -0.3 is 14.2 Å². The van der Waals surface area contributed by atoms with Crippen LogP contribution in [-0.4, -0.2) is 26.2 Å². The molecule has 0 heterocycles. The zero-order chi connectivity index (χ0) is 9.23. The Balaban J connectivity index is 2.86. The highest BCUT2D eigenvalue weighted by Gasteiger charge is 1.91. The van der Waals surface area contributed by atoms with Crippen molar-refractivity contribution >= 4 is 5.97 Å². The lowest BCUT2D eigenvalue weighted by molar-refractivity contribution is -0.165. The van der Waals surface area contributed by atoms with Crippen LogP contribution in [0.4, 0.5) is 0 Å². The number of rotatable bonds is 7. The molecule has 0 amide bonds. The summed E-state index contributed by atoms with van der Waals surface area (Å²) in [5.74, 6) is -0.344. The molecule has 0 N–H and O–H groups in total. The van der Waals surface area contributed by atoms with E-state index in [0.717, 1.165) is 12.8 Å². The molecule has 0 spiro atoms. The molecule has 72 valence electrons. The maximum Gasteiger partial charge on any atom is 0.304 e. The van der Waals surface area contributed by atoms with Gasteiger partial charge in [0.15, 0.2) is 13.6 Å². The van der Waals surface area contributed by atoms with Gasteiger partial charge in [0.2, 0.25) is 0 Å². The van der Waals surface area contributed by atoms with E-state index in [1.165, 1.54) is 6.92 Å². The largest absolute Gasteiger partial charge is 0.439 e. The average Bonchev–Trinajstić information content (AvgIpc) is 2.02. The van der Waals surface area contributed by atoms with Crippen molar-refractivity contribution in [2.75, 3.05) is 20.2 Å². The van der Waals surface area contributed by atoms with Crippen LogP contribution in [-0.2, 0) is 19.0 Å². The minimum Gasteiger partial charge on any atom is -0.439 e. The molecule has 0 aromatic rings. The van der Waals surface area contributed by atoms with E-state index in [1.807, 2.05) is 0 Å². The first-order valence-corrected chi connectivity index (χ1v) is 4.06. The van der Waals surface area contributed by atoms with Crippen molar-refractivity contribution in [3.8, 4) is 0 Å². The highest BCUT2D eigenvalue weighted by atomic mass is 16.7. The number of ether oxygens (including phenoxy) is 3. The summed E-state index contributed by atoms with van der Waals surface area (Å²) >= 11 is 0. The molecule has 0 fully saturated rings. The van der Waals surface area contributed by atoms with E-state index in [0.29, 0.717) is 6.61 Å². The van der Waals surface area contributed by atoms with E-state index in [1.54, 1.807) is 0 Å². The molecule has 0 radical (unpaired) electrons. The van der Waals surface area contributed by atoms with Gasteiger partial charge in [-0.05, 0) is 6.42 Å². The van der Waals surface area contributed by atoms with Crippen LogP contribution in [0.5, 0.6) is 0 Å². The van der Waals surface area contributed by atoms with Gasteiger partial charge in [-0.3, -0.25) is 4.79 Å². The van der Waals surface area contributed by atoms with Gasteiger partial charge in [0.1, 0.15) is 0 Å². The van der Waals surface area contributed by atoms with Crippen LogP contribution >= 0.6 is 0 Å². The second-order valence-electron chi connectivity index (χ2n) is 2.34. The molecule has 0 aliphatic carbocycles. The minimum atomic E-state index is -0.344. The third-order valence-corrected chi connectivity index (χ3v) is 1.15. The molecule has 0 saturated carbocycles. The highest BCUT2D eigenvalue weighted by molar-refractivity contribution is 5.65. The van der Waals surface area contributed by atoms with Crippen molar-refractivity contribution < 1.29 is 19.0 Å². The topological polar surface area (TPSA) is 44.8 Å². The summed E-state index contributed by atoms with van der Waals surface area (Å²) in [5, 5.41) is 0. The molecule has 0 aliphatic heterocycles. The van der Waals surface area contributed by atoms with Crippen molar-refractivity contribution in [2.45, 2.75) is 26.7 Å². The lowest BCUT2D eigenvalue weighted by atomic mass is 10.4. The van der Waals surface area contributed by atoms with Crippen molar-refractivity contribution in [2.24, 2.45) is 0 Å². The van der Waals surface area contributed by atoms with E-state index < -0.39 is 0 Å². The first-order chi connectivity index (χ1) is 5.77. The summed E-state index contributed by atoms with van der Waals surface area (Å²) in [7, 11) is 0. The lowest BCUT2D eigenvalue weighted by Crippen LogP contribution is -2.07. The van der Waals surface area contributed by atoms with E-state index in [-0.39, 0.29) is 19.6 Å². The Morgan fingerprint density at radius 2 is 2.00 bits per heavy atom. The normalized spacial score (nSPS) is 9.83. The smallest absolute Gasteiger partial charge is 0.304 e. The molecule has 0 rings (SSSR count). The standard InChI is InChI=1S/C8H16O4/c1-3-4-5-10-6-11-7-12-8(2)9/h3-7H2,1-2H3. The Labute approximate surface area is 72.8 Å². The minimum absolute atomic E-state index is 0.0263. The summed E-state index contributed by atoms with van der Waals surface area (Å²) in [6.07, 6.45) is 2.13. The molecule has 4 nitrogen and oxygen atoms in total. The Morgan fingerprint density at radius 3 is 2.58 bits per heavy atom. The van der Waals surface area contributed by atoms with E-state index in [4.69, 9.17) is 9.47 Å². The second kappa shape index (κ2) is 8.49. The lowest BCUT2D eigenvalue weighted by Gasteiger charge is -2.04. The second-order valence-corrected chi connectivity index (χ2v) is 2.34. The van der Waals surface area contributed by atoms with Gasteiger partial charge in [-0.1, -0.05) is 13.3 Å². The Morgan fingerprint density at radius 1 is 1.25 bits per heavy atom. The summed E-state index contributed by atoms with van der Waals surface area (Å²) in [4.78, 5) is 10.2. The van der Waals surface area contributed by atoms with Crippen LogP contribution in [0.15, 0.2) is 0 Å². The van der Waals surface area contributed by atoms with Crippen LogP contribution in [0.3, 0.4) is 0 Å². The summed E-state index contributed by atoms with van der Waals surface area (Å²) in [5.41, 5.74) is 0. The summed E-state index contributed by atoms with van der Waals surface area (Å²) in [6, 6.07) is 0. The molecule has 0 saturated heterocycles. The summed E-state index contributed by atoms with van der Waals surface area (Å²) < 4.78 is 14.4. The van der Waals surface area contributed by atoms with Gasteiger partial charge in [-0.2, -0.15) is 0 Å². The first kappa shape index (κ1) is 11.4.